The number of ether oxygens (including phenoxy) is 1. The zero-order chi connectivity index (χ0) is 14.7. The molecule has 7 nitrogen and oxygen atoms in total. The van der Waals surface area contributed by atoms with Gasteiger partial charge in [-0.05, 0) is 23.9 Å². The van der Waals surface area contributed by atoms with E-state index in [1.807, 2.05) is 33.3 Å². The maximum absolute atomic E-state index is 12.2. The second-order valence-electron chi connectivity index (χ2n) is 4.92. The molecule has 8 heteroatoms. The molecule has 0 aromatic carbocycles. The molecule has 1 aliphatic heterocycles. The van der Waals surface area contributed by atoms with Crippen LogP contribution < -0.4 is 5.32 Å². The Morgan fingerprint density at radius 3 is 3.29 bits per heavy atom. The smallest absolute Gasteiger partial charge is 0.322 e. The number of hydrogen-bond donors (Lipinski definition) is 1. The molecule has 21 heavy (non-hydrogen) atoms. The van der Waals surface area contributed by atoms with E-state index in [0.717, 1.165) is 23.7 Å². The van der Waals surface area contributed by atoms with E-state index in [-0.39, 0.29) is 12.1 Å². The highest BCUT2D eigenvalue weighted by atomic mass is 32.1. The van der Waals surface area contributed by atoms with Crippen molar-refractivity contribution in [2.75, 3.05) is 25.5 Å². The fourth-order valence-corrected chi connectivity index (χ4v) is 2.99. The largest absolute Gasteiger partial charge is 0.378 e. The van der Waals surface area contributed by atoms with Crippen LogP contribution in [0.15, 0.2) is 23.7 Å². The van der Waals surface area contributed by atoms with Gasteiger partial charge in [0.05, 0.1) is 23.8 Å². The van der Waals surface area contributed by atoms with Crippen LogP contribution in [0, 0.1) is 0 Å². The summed E-state index contributed by atoms with van der Waals surface area (Å²) in [5.41, 5.74) is 0.805. The van der Waals surface area contributed by atoms with Gasteiger partial charge in [-0.1, -0.05) is 5.21 Å². The lowest BCUT2D eigenvalue weighted by Crippen LogP contribution is -2.33. The number of carbonyl (C=O) groups excluding carboxylic acids is 1. The maximum atomic E-state index is 12.2. The Morgan fingerprint density at radius 2 is 2.52 bits per heavy atom. The number of aromatic nitrogens is 3. The zero-order valence-corrected chi connectivity index (χ0v) is 12.5. The van der Waals surface area contributed by atoms with Gasteiger partial charge >= 0.3 is 6.03 Å². The molecular weight excluding hydrogens is 290 g/mol. The van der Waals surface area contributed by atoms with Crippen molar-refractivity contribution < 1.29 is 9.53 Å². The molecule has 1 saturated heterocycles. The summed E-state index contributed by atoms with van der Waals surface area (Å²) < 4.78 is 6.86. The number of methoxy groups -OCH3 is 1. The van der Waals surface area contributed by atoms with Gasteiger partial charge in [-0.25, -0.2) is 9.48 Å². The topological polar surface area (TPSA) is 72.3 Å². The summed E-state index contributed by atoms with van der Waals surface area (Å²) in [6.45, 7) is 1.82. The highest BCUT2D eigenvalue weighted by molar-refractivity contribution is 7.14. The molecule has 2 aromatic heterocycles. The third-order valence-corrected chi connectivity index (χ3v) is 4.21. The summed E-state index contributed by atoms with van der Waals surface area (Å²) in [5, 5.41) is 13.9. The van der Waals surface area contributed by atoms with Crippen molar-refractivity contribution in [3.05, 3.63) is 29.4 Å². The van der Waals surface area contributed by atoms with Gasteiger partial charge < -0.3 is 9.64 Å². The average Bonchev–Trinajstić information content (AvgIpc) is 3.20. The van der Waals surface area contributed by atoms with Crippen LogP contribution in [-0.4, -0.2) is 46.1 Å². The molecule has 3 rings (SSSR count). The summed E-state index contributed by atoms with van der Waals surface area (Å²) in [4.78, 5) is 14.0. The Labute approximate surface area is 126 Å². The molecule has 2 amide bonds. The highest BCUT2D eigenvalue weighted by Crippen LogP contribution is 2.23. The zero-order valence-electron chi connectivity index (χ0n) is 11.7. The minimum absolute atomic E-state index is 0.0582. The predicted molar refractivity (Wildman–Crippen MR) is 79.3 cm³/mol. The van der Waals surface area contributed by atoms with Crippen LogP contribution in [0.2, 0.25) is 0 Å². The number of nitrogens with zero attached hydrogens (tertiary/aromatic N) is 4. The number of hydrogen-bond acceptors (Lipinski definition) is 5. The molecule has 0 aliphatic carbocycles. The van der Waals surface area contributed by atoms with Crippen LogP contribution in [0.1, 0.15) is 18.2 Å². The molecule has 0 spiro atoms. The van der Waals surface area contributed by atoms with E-state index in [4.69, 9.17) is 4.74 Å². The van der Waals surface area contributed by atoms with Gasteiger partial charge in [-0.2, -0.15) is 0 Å². The highest BCUT2D eigenvalue weighted by Gasteiger charge is 2.28. The molecular formula is C13H17N5O2S. The monoisotopic (exact) mass is 307 g/mol. The van der Waals surface area contributed by atoms with E-state index in [1.54, 1.807) is 7.11 Å². The molecule has 1 fully saturated rings. The first-order valence-corrected chi connectivity index (χ1v) is 7.63. The molecule has 1 atom stereocenters. The van der Waals surface area contributed by atoms with Gasteiger partial charge in [0, 0.05) is 20.2 Å². The van der Waals surface area contributed by atoms with E-state index < -0.39 is 0 Å². The maximum Gasteiger partial charge on any atom is 0.322 e. The number of rotatable bonds is 4. The van der Waals surface area contributed by atoms with Crippen molar-refractivity contribution in [3.63, 3.8) is 0 Å². The second-order valence-corrected chi connectivity index (χ2v) is 5.87. The Balaban J connectivity index is 1.58. The summed E-state index contributed by atoms with van der Waals surface area (Å²) >= 11 is 1.52. The average molecular weight is 307 g/mol. The van der Waals surface area contributed by atoms with E-state index >= 15 is 0 Å². The number of amides is 2. The first kappa shape index (κ1) is 14.0. The van der Waals surface area contributed by atoms with Crippen LogP contribution in [0.4, 0.5) is 9.80 Å². The fraction of sp³-hybridized carbons (Fsp3) is 0.462. The van der Waals surface area contributed by atoms with E-state index in [9.17, 15) is 4.79 Å². The Kier molecular flexibility index (Phi) is 4.16. The first-order valence-electron chi connectivity index (χ1n) is 6.75. The Bertz CT molecular complexity index is 597. The lowest BCUT2D eigenvalue weighted by atomic mass is 10.3. The number of urea groups is 1. The molecule has 3 heterocycles. The number of nitrogens with one attached hydrogen (secondary N) is 1. The fourth-order valence-electron chi connectivity index (χ4n) is 2.38. The Morgan fingerprint density at radius 1 is 1.62 bits per heavy atom. The van der Waals surface area contributed by atoms with Crippen molar-refractivity contribution in [1.29, 1.82) is 0 Å². The van der Waals surface area contributed by atoms with Crippen molar-refractivity contribution in [2.45, 2.75) is 19.1 Å². The van der Waals surface area contributed by atoms with Crippen molar-refractivity contribution in [3.8, 4) is 0 Å². The number of carbonyl (C=O) groups is 1. The molecule has 1 aliphatic rings. The standard InChI is InChI=1S/C13H17N5O2S/c1-20-9-10-7-18(16-15-10)11-4-5-17(8-11)13(19)14-12-3-2-6-21-12/h2-3,6-7,11H,4-5,8-9H2,1H3,(H,14,19). The minimum atomic E-state index is -0.0582. The summed E-state index contributed by atoms with van der Waals surface area (Å²) in [5.74, 6) is 0. The first-order chi connectivity index (χ1) is 10.3. The quantitative estimate of drug-likeness (QED) is 0.937. The lowest BCUT2D eigenvalue weighted by Gasteiger charge is -2.16. The van der Waals surface area contributed by atoms with Crippen LogP contribution in [0.25, 0.3) is 0 Å². The third kappa shape index (κ3) is 3.22. The van der Waals surface area contributed by atoms with E-state index in [0.29, 0.717) is 13.2 Å². The van der Waals surface area contributed by atoms with Crippen LogP contribution in [0.3, 0.4) is 0 Å². The van der Waals surface area contributed by atoms with E-state index in [2.05, 4.69) is 15.6 Å². The number of thiophene rings is 1. The van der Waals surface area contributed by atoms with E-state index in [1.165, 1.54) is 11.3 Å². The van der Waals surface area contributed by atoms with Crippen molar-refractivity contribution in [2.24, 2.45) is 0 Å². The molecule has 1 N–H and O–H groups in total. The molecule has 1 unspecified atom stereocenters. The van der Waals surface area contributed by atoms with Gasteiger partial charge in [0.25, 0.3) is 0 Å². The molecule has 112 valence electrons. The Hall–Kier alpha value is -1.93. The van der Waals surface area contributed by atoms with Crippen LogP contribution >= 0.6 is 11.3 Å². The molecule has 0 radical (unpaired) electrons. The van der Waals surface area contributed by atoms with Crippen LogP contribution in [-0.2, 0) is 11.3 Å². The SMILES string of the molecule is COCc1cn(C2CCN(C(=O)Nc3cccs3)C2)nn1. The molecule has 2 aromatic rings. The van der Waals surface area contributed by atoms with Gasteiger partial charge in [0.1, 0.15) is 5.69 Å². The number of likely N-dealkylation sites (tertiary alicyclic amines) is 1. The van der Waals surface area contributed by atoms with Crippen molar-refractivity contribution in [1.82, 2.24) is 19.9 Å². The summed E-state index contributed by atoms with van der Waals surface area (Å²) in [6.07, 6.45) is 2.77. The lowest BCUT2D eigenvalue weighted by molar-refractivity contribution is 0.181. The summed E-state index contributed by atoms with van der Waals surface area (Å²) in [7, 11) is 1.63. The molecule has 0 saturated carbocycles. The molecule has 0 bridgehead atoms. The predicted octanol–water partition coefficient (Wildman–Crippen LogP) is 1.96. The van der Waals surface area contributed by atoms with Crippen LogP contribution in [0.5, 0.6) is 0 Å². The van der Waals surface area contributed by atoms with Gasteiger partial charge in [-0.15, -0.1) is 16.4 Å². The van der Waals surface area contributed by atoms with Gasteiger partial charge in [-0.3, -0.25) is 5.32 Å². The summed E-state index contributed by atoms with van der Waals surface area (Å²) in [6, 6.07) is 3.93. The minimum Gasteiger partial charge on any atom is -0.378 e. The van der Waals surface area contributed by atoms with Gasteiger partial charge in [0.2, 0.25) is 0 Å². The number of anilines is 1. The normalized spacial score (nSPS) is 18.1. The second kappa shape index (κ2) is 6.23. The van der Waals surface area contributed by atoms with Gasteiger partial charge in [0.15, 0.2) is 0 Å². The third-order valence-electron chi connectivity index (χ3n) is 3.43. The van der Waals surface area contributed by atoms with Crippen molar-refractivity contribution >= 4 is 22.4 Å².